The summed E-state index contributed by atoms with van der Waals surface area (Å²) in [7, 11) is -2.96. The second-order valence-corrected chi connectivity index (χ2v) is 6.53. The lowest BCUT2D eigenvalue weighted by atomic mass is 10.1. The number of hydrogen-bond donors (Lipinski definition) is 2. The molecule has 16 heavy (non-hydrogen) atoms. The summed E-state index contributed by atoms with van der Waals surface area (Å²) >= 11 is 0. The van der Waals surface area contributed by atoms with E-state index < -0.39 is 9.84 Å². The van der Waals surface area contributed by atoms with Crippen molar-refractivity contribution < 1.29 is 13.2 Å². The van der Waals surface area contributed by atoms with Crippen molar-refractivity contribution in [1.82, 2.24) is 5.32 Å². The van der Waals surface area contributed by atoms with E-state index in [1.54, 1.807) is 0 Å². The molecule has 6 heteroatoms. The monoisotopic (exact) mass is 248 g/mol. The zero-order valence-corrected chi connectivity index (χ0v) is 10.4. The predicted octanol–water partition coefficient (Wildman–Crippen LogP) is -0.335. The lowest BCUT2D eigenvalue weighted by molar-refractivity contribution is -0.125. The first-order chi connectivity index (χ1) is 7.48. The lowest BCUT2D eigenvalue weighted by Gasteiger charge is -2.24. The highest BCUT2D eigenvalue weighted by atomic mass is 32.2. The average molecular weight is 248 g/mol. The van der Waals surface area contributed by atoms with Gasteiger partial charge in [0.2, 0.25) is 5.91 Å². The molecule has 2 atom stereocenters. The number of carbonyl (C=O) groups excluding carboxylic acids is 1. The number of nitrogens with two attached hydrogens (primary N) is 1. The molecular weight excluding hydrogens is 228 g/mol. The van der Waals surface area contributed by atoms with Crippen LogP contribution < -0.4 is 11.1 Å². The molecule has 1 saturated heterocycles. The van der Waals surface area contributed by atoms with Crippen LogP contribution in [-0.2, 0) is 14.6 Å². The molecule has 0 aromatic rings. The molecule has 2 unspecified atom stereocenters. The minimum Gasteiger partial charge on any atom is -0.352 e. The van der Waals surface area contributed by atoms with Gasteiger partial charge >= 0.3 is 0 Å². The van der Waals surface area contributed by atoms with E-state index in [1.807, 2.05) is 6.92 Å². The van der Waals surface area contributed by atoms with Gasteiger partial charge in [-0.25, -0.2) is 8.42 Å². The van der Waals surface area contributed by atoms with Gasteiger partial charge < -0.3 is 11.1 Å². The fourth-order valence-electron chi connectivity index (χ4n) is 1.91. The van der Waals surface area contributed by atoms with Crippen LogP contribution in [0.4, 0.5) is 0 Å². The Balaban J connectivity index is 2.51. The molecule has 5 nitrogen and oxygen atoms in total. The number of hydrogen-bond acceptors (Lipinski definition) is 4. The van der Waals surface area contributed by atoms with Crippen LogP contribution in [0.25, 0.3) is 0 Å². The normalized spacial score (nSPS) is 26.0. The lowest BCUT2D eigenvalue weighted by Crippen LogP contribution is -2.46. The van der Waals surface area contributed by atoms with E-state index in [9.17, 15) is 13.2 Å². The number of carbonyl (C=O) groups is 1. The highest BCUT2D eigenvalue weighted by Crippen LogP contribution is 2.13. The summed E-state index contributed by atoms with van der Waals surface area (Å²) in [5.74, 6) is -0.00976. The van der Waals surface area contributed by atoms with Gasteiger partial charge in [0, 0.05) is 18.5 Å². The van der Waals surface area contributed by atoms with Gasteiger partial charge in [-0.15, -0.1) is 0 Å². The fourth-order valence-corrected chi connectivity index (χ4v) is 3.55. The van der Waals surface area contributed by atoms with Crippen LogP contribution in [0, 0.1) is 5.92 Å². The Labute approximate surface area is 96.7 Å². The highest BCUT2D eigenvalue weighted by molar-refractivity contribution is 7.91. The molecule has 1 fully saturated rings. The molecule has 94 valence electrons. The molecule has 0 aliphatic carbocycles. The van der Waals surface area contributed by atoms with Crippen molar-refractivity contribution in [2.24, 2.45) is 11.7 Å². The maximum atomic E-state index is 11.7. The van der Waals surface area contributed by atoms with Gasteiger partial charge in [-0.2, -0.15) is 0 Å². The summed E-state index contributed by atoms with van der Waals surface area (Å²) in [6.45, 7) is 2.20. The van der Waals surface area contributed by atoms with Gasteiger partial charge in [0.25, 0.3) is 0 Å². The largest absolute Gasteiger partial charge is 0.352 e. The first-order valence-corrected chi connectivity index (χ1v) is 7.51. The highest BCUT2D eigenvalue weighted by Gasteiger charge is 2.27. The Morgan fingerprint density at radius 1 is 1.56 bits per heavy atom. The Kier molecular flexibility index (Phi) is 4.73. The Bertz CT molecular complexity index is 336. The number of rotatable bonds is 4. The third-order valence-corrected chi connectivity index (χ3v) is 4.78. The van der Waals surface area contributed by atoms with Crippen molar-refractivity contribution in [2.75, 3.05) is 18.1 Å². The van der Waals surface area contributed by atoms with Crippen LogP contribution in [0.2, 0.25) is 0 Å². The van der Waals surface area contributed by atoms with Crippen molar-refractivity contribution in [3.63, 3.8) is 0 Å². The molecule has 1 amide bonds. The summed E-state index contributed by atoms with van der Waals surface area (Å²) < 4.78 is 22.8. The van der Waals surface area contributed by atoms with Crippen LogP contribution >= 0.6 is 0 Å². The second kappa shape index (κ2) is 5.63. The smallest absolute Gasteiger partial charge is 0.224 e. The van der Waals surface area contributed by atoms with Crippen molar-refractivity contribution in [3.05, 3.63) is 0 Å². The number of amides is 1. The first kappa shape index (κ1) is 13.4. The third-order valence-electron chi connectivity index (χ3n) is 2.96. The Morgan fingerprint density at radius 3 is 2.75 bits per heavy atom. The molecule has 1 heterocycles. The maximum Gasteiger partial charge on any atom is 0.224 e. The predicted molar refractivity (Wildman–Crippen MR) is 62.7 cm³/mol. The molecule has 3 N–H and O–H groups in total. The summed E-state index contributed by atoms with van der Waals surface area (Å²) in [6.07, 6.45) is 2.06. The molecule has 0 aromatic carbocycles. The van der Waals surface area contributed by atoms with E-state index in [2.05, 4.69) is 5.32 Å². The Morgan fingerprint density at radius 2 is 2.25 bits per heavy atom. The van der Waals surface area contributed by atoms with E-state index in [0.29, 0.717) is 19.4 Å². The SMILES string of the molecule is CCC(CN)C(=O)NC1CCCS(=O)(=O)C1. The number of sulfone groups is 1. The summed E-state index contributed by atoms with van der Waals surface area (Å²) in [6, 6.07) is -0.230. The maximum absolute atomic E-state index is 11.7. The summed E-state index contributed by atoms with van der Waals surface area (Å²) in [5, 5.41) is 2.78. The van der Waals surface area contributed by atoms with Crippen LogP contribution in [0.15, 0.2) is 0 Å². The zero-order valence-electron chi connectivity index (χ0n) is 9.61. The van der Waals surface area contributed by atoms with E-state index in [0.717, 1.165) is 6.42 Å². The van der Waals surface area contributed by atoms with E-state index in [1.165, 1.54) is 0 Å². The molecule has 1 aliphatic rings. The van der Waals surface area contributed by atoms with E-state index in [-0.39, 0.29) is 29.4 Å². The average Bonchev–Trinajstić information content (AvgIpc) is 2.17. The molecular formula is C10H20N2O3S. The van der Waals surface area contributed by atoms with Crippen LogP contribution in [0.5, 0.6) is 0 Å². The molecule has 0 spiro atoms. The minimum absolute atomic E-state index is 0.0692. The fraction of sp³-hybridized carbons (Fsp3) is 0.900. The van der Waals surface area contributed by atoms with Crippen molar-refractivity contribution in [2.45, 2.75) is 32.2 Å². The quantitative estimate of drug-likeness (QED) is 0.712. The van der Waals surface area contributed by atoms with Crippen LogP contribution in [-0.4, -0.2) is 38.4 Å². The summed E-state index contributed by atoms with van der Waals surface area (Å²) in [5.41, 5.74) is 5.46. The standard InChI is InChI=1S/C10H20N2O3S/c1-2-8(6-11)10(13)12-9-4-3-5-16(14,15)7-9/h8-9H,2-7,11H2,1H3,(H,12,13). The third kappa shape index (κ3) is 3.75. The molecule has 0 radical (unpaired) electrons. The summed E-state index contributed by atoms with van der Waals surface area (Å²) in [4.78, 5) is 11.7. The van der Waals surface area contributed by atoms with Gasteiger partial charge in [0.15, 0.2) is 9.84 Å². The van der Waals surface area contributed by atoms with Crippen molar-refractivity contribution >= 4 is 15.7 Å². The topological polar surface area (TPSA) is 89.3 Å². The second-order valence-electron chi connectivity index (χ2n) is 4.30. The Hall–Kier alpha value is -0.620. The van der Waals surface area contributed by atoms with Crippen molar-refractivity contribution in [3.8, 4) is 0 Å². The molecule has 1 rings (SSSR count). The van der Waals surface area contributed by atoms with E-state index >= 15 is 0 Å². The molecule has 0 saturated carbocycles. The molecule has 1 aliphatic heterocycles. The van der Waals surface area contributed by atoms with Gasteiger partial charge in [0.05, 0.1) is 11.5 Å². The van der Waals surface area contributed by atoms with E-state index in [4.69, 9.17) is 5.73 Å². The first-order valence-electron chi connectivity index (χ1n) is 5.69. The number of nitrogens with one attached hydrogen (secondary N) is 1. The van der Waals surface area contributed by atoms with Crippen molar-refractivity contribution in [1.29, 1.82) is 0 Å². The van der Waals surface area contributed by atoms with Gasteiger partial charge in [-0.3, -0.25) is 4.79 Å². The van der Waals surface area contributed by atoms with Crippen LogP contribution in [0.3, 0.4) is 0 Å². The zero-order chi connectivity index (χ0) is 12.2. The molecule has 0 bridgehead atoms. The molecule has 0 aromatic heterocycles. The van der Waals surface area contributed by atoms with Crippen LogP contribution in [0.1, 0.15) is 26.2 Å². The van der Waals surface area contributed by atoms with Gasteiger partial charge in [-0.1, -0.05) is 6.92 Å². The van der Waals surface area contributed by atoms with Gasteiger partial charge in [-0.05, 0) is 19.3 Å². The minimum atomic E-state index is -2.96. The van der Waals surface area contributed by atoms with Gasteiger partial charge in [0.1, 0.15) is 0 Å².